The average molecular weight is 216 g/mol. The second kappa shape index (κ2) is 3.09. The summed E-state index contributed by atoms with van der Waals surface area (Å²) in [5, 5.41) is 0. The van der Waals surface area contributed by atoms with Crippen molar-refractivity contribution in [3.63, 3.8) is 0 Å². The van der Waals surface area contributed by atoms with Crippen molar-refractivity contribution in [2.45, 2.75) is 37.5 Å². The lowest BCUT2D eigenvalue weighted by Gasteiger charge is -2.28. The van der Waals surface area contributed by atoms with Gasteiger partial charge in [0.25, 0.3) is 0 Å². The first-order valence-corrected chi connectivity index (χ1v) is 5.82. The third-order valence-electron chi connectivity index (χ3n) is 4.11. The van der Waals surface area contributed by atoms with Crippen LogP contribution in [-0.4, -0.2) is 12.9 Å². The molecule has 0 amide bonds. The minimum Gasteiger partial charge on any atom is -0.497 e. The topological polar surface area (TPSA) is 26.3 Å². The molecule has 0 unspecified atom stereocenters. The lowest BCUT2D eigenvalue weighted by molar-refractivity contribution is -0.121. The van der Waals surface area contributed by atoms with Crippen molar-refractivity contribution in [3.8, 4) is 5.75 Å². The Balaban J connectivity index is 2.15. The van der Waals surface area contributed by atoms with E-state index in [9.17, 15) is 4.79 Å². The van der Waals surface area contributed by atoms with E-state index in [1.165, 1.54) is 11.1 Å². The van der Waals surface area contributed by atoms with Crippen molar-refractivity contribution in [1.29, 1.82) is 0 Å². The van der Waals surface area contributed by atoms with Crippen LogP contribution in [0.15, 0.2) is 18.2 Å². The fourth-order valence-corrected chi connectivity index (χ4v) is 3.44. The number of rotatable bonds is 1. The number of benzene rings is 1. The van der Waals surface area contributed by atoms with Crippen LogP contribution < -0.4 is 4.74 Å². The number of ketones is 1. The zero-order valence-electron chi connectivity index (χ0n) is 9.75. The summed E-state index contributed by atoms with van der Waals surface area (Å²) in [4.78, 5) is 11.7. The van der Waals surface area contributed by atoms with Gasteiger partial charge in [-0.15, -0.1) is 0 Å². The molecule has 2 atom stereocenters. The van der Waals surface area contributed by atoms with Gasteiger partial charge in [0, 0.05) is 18.3 Å². The Hall–Kier alpha value is -1.31. The molecule has 1 fully saturated rings. The van der Waals surface area contributed by atoms with Crippen molar-refractivity contribution in [2.75, 3.05) is 7.11 Å². The Morgan fingerprint density at radius 1 is 1.44 bits per heavy atom. The molecular weight excluding hydrogens is 200 g/mol. The first-order chi connectivity index (χ1) is 7.62. The number of Topliss-reactive ketones (excluding diaryl/α,β-unsaturated/α-hetero) is 1. The Bertz CT molecular complexity index is 464. The van der Waals surface area contributed by atoms with Gasteiger partial charge >= 0.3 is 0 Å². The Morgan fingerprint density at radius 3 is 3.00 bits per heavy atom. The van der Waals surface area contributed by atoms with Crippen molar-refractivity contribution in [2.24, 2.45) is 0 Å². The van der Waals surface area contributed by atoms with Gasteiger partial charge in [-0.3, -0.25) is 4.79 Å². The summed E-state index contributed by atoms with van der Waals surface area (Å²) < 4.78 is 5.27. The quantitative estimate of drug-likeness (QED) is 0.721. The van der Waals surface area contributed by atoms with E-state index in [2.05, 4.69) is 19.1 Å². The van der Waals surface area contributed by atoms with Crippen molar-refractivity contribution in [3.05, 3.63) is 29.3 Å². The molecule has 2 nitrogen and oxygen atoms in total. The van der Waals surface area contributed by atoms with E-state index >= 15 is 0 Å². The van der Waals surface area contributed by atoms with Gasteiger partial charge in [0.2, 0.25) is 0 Å². The molecule has 0 N–H and O–H groups in total. The number of hydrogen-bond acceptors (Lipinski definition) is 2. The molecule has 2 heteroatoms. The van der Waals surface area contributed by atoms with E-state index in [1.54, 1.807) is 7.11 Å². The minimum atomic E-state index is 0.0594. The summed E-state index contributed by atoms with van der Waals surface area (Å²) in [6.45, 7) is 2.21. The Morgan fingerprint density at radius 2 is 2.25 bits per heavy atom. The van der Waals surface area contributed by atoms with Crippen LogP contribution in [-0.2, 0) is 10.2 Å². The predicted octanol–water partition coefficient (Wildman–Crippen LogP) is 2.80. The lowest BCUT2D eigenvalue weighted by atomic mass is 9.74. The SMILES string of the molecule is COc1ccc2c(c1)[C@]1(C)CC(=O)C[C@H]2C1. The van der Waals surface area contributed by atoms with Gasteiger partial charge in [0.05, 0.1) is 7.11 Å². The standard InChI is InChI=1S/C14H16O2/c1-14-7-9(5-10(15)8-14)12-4-3-11(16-2)6-13(12)14/h3-4,6,9H,5,7-8H2,1-2H3/t9-,14-/m0/s1. The number of ether oxygens (including phenoxy) is 1. The summed E-state index contributed by atoms with van der Waals surface area (Å²) in [6, 6.07) is 6.27. The molecule has 3 rings (SSSR count). The molecule has 0 aliphatic heterocycles. The van der Waals surface area contributed by atoms with Gasteiger partial charge in [-0.2, -0.15) is 0 Å². The van der Waals surface area contributed by atoms with Crippen LogP contribution in [0.3, 0.4) is 0 Å². The zero-order valence-corrected chi connectivity index (χ0v) is 9.75. The molecule has 0 aromatic heterocycles. The third kappa shape index (κ3) is 1.22. The smallest absolute Gasteiger partial charge is 0.134 e. The van der Waals surface area contributed by atoms with Crippen LogP contribution in [0.25, 0.3) is 0 Å². The fraction of sp³-hybridized carbons (Fsp3) is 0.500. The van der Waals surface area contributed by atoms with E-state index in [1.807, 2.05) is 6.07 Å². The number of fused-ring (bicyclic) bond motifs is 5. The summed E-state index contributed by atoms with van der Waals surface area (Å²) in [5.74, 6) is 1.76. The zero-order chi connectivity index (χ0) is 11.3. The fourth-order valence-electron chi connectivity index (χ4n) is 3.44. The van der Waals surface area contributed by atoms with Gasteiger partial charge in [0.1, 0.15) is 11.5 Å². The molecule has 2 aliphatic carbocycles. The molecular formula is C14H16O2. The summed E-state index contributed by atoms with van der Waals surface area (Å²) in [5.41, 5.74) is 2.76. The molecule has 0 saturated heterocycles. The van der Waals surface area contributed by atoms with Crippen LogP contribution in [0.4, 0.5) is 0 Å². The molecule has 1 aromatic carbocycles. The molecule has 16 heavy (non-hydrogen) atoms. The average Bonchev–Trinajstić information content (AvgIpc) is 2.46. The van der Waals surface area contributed by atoms with Crippen LogP contribution in [0.2, 0.25) is 0 Å². The summed E-state index contributed by atoms with van der Waals surface area (Å²) in [6.07, 6.45) is 2.56. The van der Waals surface area contributed by atoms with E-state index in [4.69, 9.17) is 4.74 Å². The van der Waals surface area contributed by atoms with E-state index in [0.29, 0.717) is 18.1 Å². The normalized spacial score (nSPS) is 31.4. The largest absolute Gasteiger partial charge is 0.497 e. The molecule has 1 saturated carbocycles. The first kappa shape index (κ1) is 9.88. The van der Waals surface area contributed by atoms with E-state index < -0.39 is 0 Å². The molecule has 0 radical (unpaired) electrons. The highest BCUT2D eigenvalue weighted by Gasteiger charge is 2.46. The highest BCUT2D eigenvalue weighted by atomic mass is 16.5. The van der Waals surface area contributed by atoms with Gasteiger partial charge in [-0.1, -0.05) is 13.0 Å². The molecule has 0 heterocycles. The van der Waals surface area contributed by atoms with Gasteiger partial charge in [-0.25, -0.2) is 0 Å². The molecule has 1 aromatic rings. The van der Waals surface area contributed by atoms with Crippen molar-refractivity contribution < 1.29 is 9.53 Å². The first-order valence-electron chi connectivity index (χ1n) is 5.82. The van der Waals surface area contributed by atoms with Gasteiger partial charge in [0.15, 0.2) is 0 Å². The monoisotopic (exact) mass is 216 g/mol. The van der Waals surface area contributed by atoms with Crippen molar-refractivity contribution in [1.82, 2.24) is 0 Å². The second-order valence-corrected chi connectivity index (χ2v) is 5.33. The Kier molecular flexibility index (Phi) is 1.91. The van der Waals surface area contributed by atoms with Gasteiger partial charge in [-0.05, 0) is 35.6 Å². The maximum Gasteiger partial charge on any atom is 0.134 e. The van der Waals surface area contributed by atoms with Crippen LogP contribution >= 0.6 is 0 Å². The van der Waals surface area contributed by atoms with E-state index in [-0.39, 0.29) is 5.41 Å². The number of methoxy groups -OCH3 is 1. The molecule has 2 aliphatic rings. The summed E-state index contributed by atoms with van der Waals surface area (Å²) >= 11 is 0. The predicted molar refractivity (Wildman–Crippen MR) is 61.9 cm³/mol. The Labute approximate surface area is 95.6 Å². The van der Waals surface area contributed by atoms with Crippen LogP contribution in [0.5, 0.6) is 5.75 Å². The maximum absolute atomic E-state index is 11.7. The second-order valence-electron chi connectivity index (χ2n) is 5.33. The van der Waals surface area contributed by atoms with E-state index in [0.717, 1.165) is 18.6 Å². The molecule has 2 bridgehead atoms. The number of carbonyl (C=O) groups excluding carboxylic acids is 1. The molecule has 84 valence electrons. The lowest BCUT2D eigenvalue weighted by Crippen LogP contribution is -2.27. The molecule has 0 spiro atoms. The number of hydrogen-bond donors (Lipinski definition) is 0. The third-order valence-corrected chi connectivity index (χ3v) is 4.11. The maximum atomic E-state index is 11.7. The van der Waals surface area contributed by atoms with Gasteiger partial charge < -0.3 is 4.74 Å². The number of carbonyl (C=O) groups is 1. The highest BCUT2D eigenvalue weighted by molar-refractivity contribution is 5.83. The van der Waals surface area contributed by atoms with Crippen molar-refractivity contribution >= 4 is 5.78 Å². The van der Waals surface area contributed by atoms with Crippen LogP contribution in [0.1, 0.15) is 43.2 Å². The summed E-state index contributed by atoms with van der Waals surface area (Å²) in [7, 11) is 1.69. The minimum absolute atomic E-state index is 0.0594. The highest BCUT2D eigenvalue weighted by Crippen LogP contribution is 2.53. The van der Waals surface area contributed by atoms with Crippen LogP contribution in [0, 0.1) is 0 Å².